The topological polar surface area (TPSA) is 43.7 Å². The molecule has 1 fully saturated rings. The average Bonchev–Trinajstić information content (AvgIpc) is 1.98. The lowest BCUT2D eigenvalue weighted by Crippen LogP contribution is -2.69. The second-order valence-corrected chi connectivity index (χ2v) is 4.74. The summed E-state index contributed by atoms with van der Waals surface area (Å²) in [5.41, 5.74) is -0.729. The van der Waals surface area contributed by atoms with Crippen molar-refractivity contribution in [2.75, 3.05) is 13.1 Å². The first-order valence-electron chi connectivity index (χ1n) is 4.97. The van der Waals surface area contributed by atoms with Crippen molar-refractivity contribution in [1.82, 2.24) is 4.90 Å². The van der Waals surface area contributed by atoms with Crippen molar-refractivity contribution in [1.29, 1.82) is 0 Å². The average molecular weight is 187 g/mol. The van der Waals surface area contributed by atoms with Gasteiger partial charge in [-0.3, -0.25) is 4.90 Å². The molecule has 0 aliphatic carbocycles. The molecule has 0 radical (unpaired) electrons. The molecule has 0 bridgehead atoms. The van der Waals surface area contributed by atoms with Gasteiger partial charge in [-0.1, -0.05) is 6.92 Å². The molecule has 0 spiro atoms. The predicted molar refractivity (Wildman–Crippen MR) is 52.6 cm³/mol. The second-order valence-electron chi connectivity index (χ2n) is 4.74. The fourth-order valence-electron chi connectivity index (χ4n) is 1.92. The fraction of sp³-hybridized carbons (Fsp3) is 1.00. The van der Waals surface area contributed by atoms with Gasteiger partial charge in [-0.15, -0.1) is 0 Å². The van der Waals surface area contributed by atoms with E-state index in [0.29, 0.717) is 13.1 Å². The van der Waals surface area contributed by atoms with E-state index < -0.39 is 5.60 Å². The first kappa shape index (κ1) is 11.0. The molecule has 1 aliphatic rings. The van der Waals surface area contributed by atoms with Crippen molar-refractivity contribution < 1.29 is 10.2 Å². The van der Waals surface area contributed by atoms with Gasteiger partial charge in [0, 0.05) is 18.6 Å². The standard InChI is InChI=1S/C10H21NO2/c1-5-10(4,8(2)12)11-6-9(3,13)7-11/h8,12-13H,5-7H2,1-4H3. The molecule has 3 nitrogen and oxygen atoms in total. The molecule has 13 heavy (non-hydrogen) atoms. The van der Waals surface area contributed by atoms with Gasteiger partial charge < -0.3 is 10.2 Å². The van der Waals surface area contributed by atoms with E-state index in [9.17, 15) is 10.2 Å². The third kappa shape index (κ3) is 1.87. The monoisotopic (exact) mass is 187 g/mol. The van der Waals surface area contributed by atoms with Crippen LogP contribution >= 0.6 is 0 Å². The highest BCUT2D eigenvalue weighted by Crippen LogP contribution is 2.32. The molecule has 0 saturated carbocycles. The van der Waals surface area contributed by atoms with Gasteiger partial charge >= 0.3 is 0 Å². The van der Waals surface area contributed by atoms with Crippen LogP contribution in [-0.4, -0.2) is 45.4 Å². The number of β-amino-alcohol motifs (C(OH)–C–C–N with tert-alkyl or cyclic N) is 1. The van der Waals surface area contributed by atoms with Gasteiger partial charge in [0.05, 0.1) is 11.7 Å². The summed E-state index contributed by atoms with van der Waals surface area (Å²) in [6.07, 6.45) is 0.550. The Morgan fingerprint density at radius 1 is 1.54 bits per heavy atom. The minimum absolute atomic E-state index is 0.178. The van der Waals surface area contributed by atoms with E-state index >= 15 is 0 Å². The smallest absolute Gasteiger partial charge is 0.0872 e. The predicted octanol–water partition coefficient (Wildman–Crippen LogP) is 0.602. The number of likely N-dealkylation sites (tertiary alicyclic amines) is 1. The number of hydrogen-bond donors (Lipinski definition) is 2. The molecule has 0 aromatic carbocycles. The van der Waals surface area contributed by atoms with E-state index in [2.05, 4.69) is 11.8 Å². The summed E-state index contributed by atoms with van der Waals surface area (Å²) in [4.78, 5) is 2.15. The third-order valence-corrected chi connectivity index (χ3v) is 3.40. The Labute approximate surface area is 80.4 Å². The number of aliphatic hydroxyl groups excluding tert-OH is 1. The lowest BCUT2D eigenvalue weighted by atomic mass is 9.83. The molecule has 0 amide bonds. The largest absolute Gasteiger partial charge is 0.391 e. The SMILES string of the molecule is CCC(C)(C(C)O)N1CC(C)(O)C1. The molecule has 1 saturated heterocycles. The number of rotatable bonds is 3. The Morgan fingerprint density at radius 3 is 2.23 bits per heavy atom. The fourth-order valence-corrected chi connectivity index (χ4v) is 1.92. The van der Waals surface area contributed by atoms with Crippen molar-refractivity contribution in [3.8, 4) is 0 Å². The molecule has 3 heteroatoms. The van der Waals surface area contributed by atoms with Gasteiger partial charge in [0.2, 0.25) is 0 Å². The summed E-state index contributed by atoms with van der Waals surface area (Å²) in [6.45, 7) is 9.11. The molecule has 0 aromatic rings. The third-order valence-electron chi connectivity index (χ3n) is 3.40. The van der Waals surface area contributed by atoms with Gasteiger partial charge in [0.25, 0.3) is 0 Å². The van der Waals surface area contributed by atoms with Crippen LogP contribution in [0.5, 0.6) is 0 Å². The minimum atomic E-state index is -0.550. The highest BCUT2D eigenvalue weighted by molar-refractivity contribution is 5.02. The lowest BCUT2D eigenvalue weighted by Gasteiger charge is -2.54. The van der Waals surface area contributed by atoms with Crippen LogP contribution in [0.25, 0.3) is 0 Å². The summed E-state index contributed by atoms with van der Waals surface area (Å²) in [5.74, 6) is 0. The minimum Gasteiger partial charge on any atom is -0.391 e. The maximum Gasteiger partial charge on any atom is 0.0872 e. The summed E-state index contributed by atoms with van der Waals surface area (Å²) in [6, 6.07) is 0. The summed E-state index contributed by atoms with van der Waals surface area (Å²) < 4.78 is 0. The maximum atomic E-state index is 9.65. The quantitative estimate of drug-likeness (QED) is 0.680. The van der Waals surface area contributed by atoms with Gasteiger partial charge in [0.15, 0.2) is 0 Å². The van der Waals surface area contributed by atoms with Gasteiger partial charge in [-0.2, -0.15) is 0 Å². The van der Waals surface area contributed by atoms with E-state index in [-0.39, 0.29) is 11.6 Å². The zero-order valence-corrected chi connectivity index (χ0v) is 9.04. The summed E-state index contributed by atoms with van der Waals surface area (Å²) in [5, 5.41) is 19.3. The lowest BCUT2D eigenvalue weighted by molar-refractivity contribution is -0.153. The van der Waals surface area contributed by atoms with Crippen LogP contribution < -0.4 is 0 Å². The molecule has 1 heterocycles. The normalized spacial score (nSPS) is 29.1. The van der Waals surface area contributed by atoms with Gasteiger partial charge in [0.1, 0.15) is 0 Å². The molecule has 78 valence electrons. The van der Waals surface area contributed by atoms with Crippen molar-refractivity contribution in [3.05, 3.63) is 0 Å². The van der Waals surface area contributed by atoms with Crippen LogP contribution in [0.4, 0.5) is 0 Å². The molecule has 2 atom stereocenters. The van der Waals surface area contributed by atoms with Crippen LogP contribution in [0.2, 0.25) is 0 Å². The Balaban J connectivity index is 2.60. The first-order chi connectivity index (χ1) is 5.82. The molecule has 2 unspecified atom stereocenters. The summed E-state index contributed by atoms with van der Waals surface area (Å²) in [7, 11) is 0. The second kappa shape index (κ2) is 3.23. The van der Waals surface area contributed by atoms with E-state index in [4.69, 9.17) is 0 Å². The Kier molecular flexibility index (Phi) is 2.72. The Bertz CT molecular complexity index is 183. The first-order valence-corrected chi connectivity index (χ1v) is 4.97. The molecular formula is C10H21NO2. The molecule has 0 aromatic heterocycles. The molecule has 2 N–H and O–H groups in total. The van der Waals surface area contributed by atoms with E-state index in [1.165, 1.54) is 0 Å². The van der Waals surface area contributed by atoms with Crippen LogP contribution in [0, 0.1) is 0 Å². The van der Waals surface area contributed by atoms with E-state index in [1.54, 1.807) is 0 Å². The maximum absolute atomic E-state index is 9.65. The zero-order chi connectivity index (χ0) is 10.3. The number of hydrogen-bond acceptors (Lipinski definition) is 3. The van der Waals surface area contributed by atoms with Crippen LogP contribution in [0.15, 0.2) is 0 Å². The van der Waals surface area contributed by atoms with E-state index in [0.717, 1.165) is 6.42 Å². The summed E-state index contributed by atoms with van der Waals surface area (Å²) >= 11 is 0. The van der Waals surface area contributed by atoms with Crippen LogP contribution in [0.1, 0.15) is 34.1 Å². The van der Waals surface area contributed by atoms with Gasteiger partial charge in [-0.25, -0.2) is 0 Å². The van der Waals surface area contributed by atoms with Crippen LogP contribution in [-0.2, 0) is 0 Å². The van der Waals surface area contributed by atoms with Gasteiger partial charge in [-0.05, 0) is 27.2 Å². The zero-order valence-electron chi connectivity index (χ0n) is 9.04. The Hall–Kier alpha value is -0.120. The molecular weight excluding hydrogens is 166 g/mol. The van der Waals surface area contributed by atoms with Crippen molar-refractivity contribution in [2.45, 2.75) is 51.4 Å². The highest BCUT2D eigenvalue weighted by Gasteiger charge is 2.47. The van der Waals surface area contributed by atoms with E-state index in [1.807, 2.05) is 20.8 Å². The number of nitrogens with zero attached hydrogens (tertiary/aromatic N) is 1. The van der Waals surface area contributed by atoms with Crippen molar-refractivity contribution >= 4 is 0 Å². The molecule has 1 rings (SSSR count). The highest BCUT2D eigenvalue weighted by atomic mass is 16.3. The van der Waals surface area contributed by atoms with Crippen LogP contribution in [0.3, 0.4) is 0 Å². The number of aliphatic hydroxyl groups is 2. The van der Waals surface area contributed by atoms with Crippen molar-refractivity contribution in [3.63, 3.8) is 0 Å². The molecule has 1 aliphatic heterocycles. The Morgan fingerprint density at radius 2 is 2.00 bits per heavy atom. The van der Waals surface area contributed by atoms with Crippen molar-refractivity contribution in [2.24, 2.45) is 0 Å².